The predicted molar refractivity (Wildman–Crippen MR) is 86.8 cm³/mol. The molecule has 2 aromatic heterocycles. The first kappa shape index (κ1) is 13.8. The molecule has 2 heterocycles. The summed E-state index contributed by atoms with van der Waals surface area (Å²) in [4.78, 5) is 13.6. The van der Waals surface area contributed by atoms with Crippen molar-refractivity contribution in [1.29, 1.82) is 0 Å². The van der Waals surface area contributed by atoms with Gasteiger partial charge in [-0.05, 0) is 38.1 Å². The van der Waals surface area contributed by atoms with Crippen LogP contribution in [-0.2, 0) is 0 Å². The van der Waals surface area contributed by atoms with Crippen LogP contribution in [0.4, 0.5) is 5.82 Å². The first-order chi connectivity index (χ1) is 10.1. The lowest BCUT2D eigenvalue weighted by atomic mass is 10.1. The topological polar surface area (TPSA) is 50.7 Å². The van der Waals surface area contributed by atoms with E-state index < -0.39 is 0 Å². The summed E-state index contributed by atoms with van der Waals surface area (Å²) < 4.78 is 0. The second-order valence-electron chi connectivity index (χ2n) is 4.85. The van der Waals surface area contributed by atoms with Gasteiger partial charge in [0.05, 0.1) is 10.5 Å². The number of fused-ring (bicyclic) bond motifs is 1. The normalized spacial score (nSPS) is 10.9. The van der Waals surface area contributed by atoms with Crippen LogP contribution >= 0.6 is 11.6 Å². The van der Waals surface area contributed by atoms with Gasteiger partial charge in [0.1, 0.15) is 5.82 Å². The maximum absolute atomic E-state index is 6.24. The van der Waals surface area contributed by atoms with Gasteiger partial charge in [0, 0.05) is 35.5 Å². The van der Waals surface area contributed by atoms with Gasteiger partial charge in [-0.15, -0.1) is 0 Å². The summed E-state index contributed by atoms with van der Waals surface area (Å²) in [6, 6.07) is 7.60. The van der Waals surface area contributed by atoms with Gasteiger partial charge in [-0.1, -0.05) is 11.6 Å². The van der Waals surface area contributed by atoms with Gasteiger partial charge in [0.25, 0.3) is 0 Å². The zero-order chi connectivity index (χ0) is 15.0. The molecule has 0 atom stereocenters. The Bertz CT molecular complexity index is 830. The second-order valence-corrected chi connectivity index (χ2v) is 5.26. The fraction of sp³-hybridized carbons (Fsp3) is 0.188. The molecule has 4 nitrogen and oxygen atoms in total. The Labute approximate surface area is 128 Å². The van der Waals surface area contributed by atoms with E-state index in [1.165, 1.54) is 0 Å². The van der Waals surface area contributed by atoms with E-state index in [-0.39, 0.29) is 0 Å². The first-order valence-corrected chi connectivity index (χ1v) is 7.06. The molecular formula is C16H15ClN4. The largest absolute Gasteiger partial charge is 0.373 e. The van der Waals surface area contributed by atoms with Crippen molar-refractivity contribution in [2.24, 2.45) is 0 Å². The van der Waals surface area contributed by atoms with E-state index in [4.69, 9.17) is 11.6 Å². The summed E-state index contributed by atoms with van der Waals surface area (Å²) in [6.07, 6.45) is 1.75. The van der Waals surface area contributed by atoms with E-state index in [0.29, 0.717) is 10.8 Å². The standard InChI is InChI=1S/C16H15ClN4/c1-9-10(2)20-16(21-15(9)18-3)12-6-7-13(17)11-5-4-8-19-14(11)12/h4-8H,1-3H3,(H,18,20,21). The maximum Gasteiger partial charge on any atom is 0.163 e. The number of nitrogens with one attached hydrogen (secondary N) is 1. The monoisotopic (exact) mass is 298 g/mol. The zero-order valence-corrected chi connectivity index (χ0v) is 12.9. The summed E-state index contributed by atoms with van der Waals surface area (Å²) in [7, 11) is 1.86. The quantitative estimate of drug-likeness (QED) is 0.777. The third-order valence-electron chi connectivity index (χ3n) is 3.58. The Morgan fingerprint density at radius 1 is 1.10 bits per heavy atom. The van der Waals surface area contributed by atoms with Gasteiger partial charge < -0.3 is 5.32 Å². The lowest BCUT2D eigenvalue weighted by Crippen LogP contribution is -2.03. The molecule has 0 amide bonds. The molecule has 0 unspecified atom stereocenters. The molecule has 3 aromatic rings. The lowest BCUT2D eigenvalue weighted by Gasteiger charge is -2.11. The summed E-state index contributed by atoms with van der Waals surface area (Å²) in [5.74, 6) is 1.49. The van der Waals surface area contributed by atoms with E-state index in [1.807, 2.05) is 45.2 Å². The number of hydrogen-bond donors (Lipinski definition) is 1. The number of pyridine rings is 1. The highest BCUT2D eigenvalue weighted by atomic mass is 35.5. The number of benzene rings is 1. The van der Waals surface area contributed by atoms with Crippen LogP contribution in [0, 0.1) is 13.8 Å². The van der Waals surface area contributed by atoms with E-state index in [9.17, 15) is 0 Å². The van der Waals surface area contributed by atoms with Crippen LogP contribution in [0.15, 0.2) is 30.5 Å². The number of halogens is 1. The lowest BCUT2D eigenvalue weighted by molar-refractivity contribution is 1.07. The Hall–Kier alpha value is -2.20. The molecule has 5 heteroatoms. The van der Waals surface area contributed by atoms with Crippen molar-refractivity contribution in [2.75, 3.05) is 12.4 Å². The molecule has 0 saturated heterocycles. The highest BCUT2D eigenvalue weighted by molar-refractivity contribution is 6.35. The average molecular weight is 299 g/mol. The molecule has 3 rings (SSSR count). The average Bonchev–Trinajstić information content (AvgIpc) is 2.51. The SMILES string of the molecule is CNc1nc(-c2ccc(Cl)c3cccnc23)nc(C)c1C. The third kappa shape index (κ3) is 2.32. The number of nitrogens with zero attached hydrogens (tertiary/aromatic N) is 3. The molecular weight excluding hydrogens is 284 g/mol. The highest BCUT2D eigenvalue weighted by Gasteiger charge is 2.13. The highest BCUT2D eigenvalue weighted by Crippen LogP contribution is 2.31. The van der Waals surface area contributed by atoms with Crippen molar-refractivity contribution >= 4 is 28.3 Å². The van der Waals surface area contributed by atoms with Crippen LogP contribution in [0.2, 0.25) is 5.02 Å². The molecule has 0 aliphatic carbocycles. The van der Waals surface area contributed by atoms with Crippen molar-refractivity contribution in [3.63, 3.8) is 0 Å². The molecule has 0 saturated carbocycles. The van der Waals surface area contributed by atoms with Crippen LogP contribution in [0.25, 0.3) is 22.3 Å². The summed E-state index contributed by atoms with van der Waals surface area (Å²) in [5, 5.41) is 4.70. The second kappa shape index (κ2) is 5.30. The van der Waals surface area contributed by atoms with E-state index in [2.05, 4.69) is 20.3 Å². The number of aromatic nitrogens is 3. The summed E-state index contributed by atoms with van der Waals surface area (Å²) in [6.45, 7) is 3.98. The van der Waals surface area contributed by atoms with Gasteiger partial charge in [-0.2, -0.15) is 0 Å². The molecule has 106 valence electrons. The van der Waals surface area contributed by atoms with Gasteiger partial charge in [-0.25, -0.2) is 9.97 Å². The van der Waals surface area contributed by atoms with E-state index in [1.54, 1.807) is 6.20 Å². The Balaban J connectivity index is 2.31. The van der Waals surface area contributed by atoms with E-state index in [0.717, 1.165) is 33.5 Å². The molecule has 1 N–H and O–H groups in total. The third-order valence-corrected chi connectivity index (χ3v) is 3.91. The minimum Gasteiger partial charge on any atom is -0.373 e. The molecule has 0 bridgehead atoms. The number of hydrogen-bond acceptors (Lipinski definition) is 4. The van der Waals surface area contributed by atoms with Crippen LogP contribution in [0.5, 0.6) is 0 Å². The van der Waals surface area contributed by atoms with Crippen molar-refractivity contribution < 1.29 is 0 Å². The Morgan fingerprint density at radius 2 is 1.90 bits per heavy atom. The van der Waals surface area contributed by atoms with Crippen molar-refractivity contribution in [3.8, 4) is 11.4 Å². The van der Waals surface area contributed by atoms with Crippen LogP contribution in [0.3, 0.4) is 0 Å². The molecule has 0 aliphatic heterocycles. The number of rotatable bonds is 2. The minimum atomic E-state index is 0.655. The molecule has 0 fully saturated rings. The number of aryl methyl sites for hydroxylation is 1. The fourth-order valence-corrected chi connectivity index (χ4v) is 2.53. The molecule has 0 radical (unpaired) electrons. The van der Waals surface area contributed by atoms with Crippen LogP contribution < -0.4 is 5.32 Å². The van der Waals surface area contributed by atoms with Gasteiger partial charge in [0.15, 0.2) is 5.82 Å². The number of anilines is 1. The summed E-state index contributed by atoms with van der Waals surface area (Å²) in [5.41, 5.74) is 3.70. The minimum absolute atomic E-state index is 0.655. The van der Waals surface area contributed by atoms with Crippen LogP contribution in [-0.4, -0.2) is 22.0 Å². The maximum atomic E-state index is 6.24. The van der Waals surface area contributed by atoms with Crippen molar-refractivity contribution in [3.05, 3.63) is 46.7 Å². The van der Waals surface area contributed by atoms with Gasteiger partial charge in [-0.3, -0.25) is 4.98 Å². The Kier molecular flexibility index (Phi) is 3.47. The van der Waals surface area contributed by atoms with Gasteiger partial charge in [0.2, 0.25) is 0 Å². The van der Waals surface area contributed by atoms with Crippen molar-refractivity contribution in [2.45, 2.75) is 13.8 Å². The zero-order valence-electron chi connectivity index (χ0n) is 12.1. The smallest absolute Gasteiger partial charge is 0.163 e. The molecule has 0 spiro atoms. The van der Waals surface area contributed by atoms with Crippen molar-refractivity contribution in [1.82, 2.24) is 15.0 Å². The first-order valence-electron chi connectivity index (χ1n) is 6.68. The molecule has 21 heavy (non-hydrogen) atoms. The van der Waals surface area contributed by atoms with Gasteiger partial charge >= 0.3 is 0 Å². The van der Waals surface area contributed by atoms with Crippen LogP contribution in [0.1, 0.15) is 11.3 Å². The fourth-order valence-electron chi connectivity index (χ4n) is 2.31. The van der Waals surface area contributed by atoms with E-state index >= 15 is 0 Å². The Morgan fingerprint density at radius 3 is 2.67 bits per heavy atom. The molecule has 1 aromatic carbocycles. The molecule has 0 aliphatic rings. The predicted octanol–water partition coefficient (Wildman–Crippen LogP) is 4.00. The summed E-state index contributed by atoms with van der Waals surface area (Å²) >= 11 is 6.24.